The van der Waals surface area contributed by atoms with Gasteiger partial charge in [0.2, 0.25) is 15.9 Å². The summed E-state index contributed by atoms with van der Waals surface area (Å²) in [6, 6.07) is 17.5. The number of carboxylic acids is 1. The quantitative estimate of drug-likeness (QED) is 0.139. The monoisotopic (exact) mass is 626 g/mol. The number of hydrogen-bond donors (Lipinski definition) is 5. The Hall–Kier alpha value is -4.26. The fraction of sp³-hybridized carbons (Fsp3) is 0.344. The van der Waals surface area contributed by atoms with E-state index in [1.54, 1.807) is 49.4 Å². The molecular weight excluding hydrogens is 588 g/mol. The van der Waals surface area contributed by atoms with Gasteiger partial charge in [0.05, 0.1) is 10.6 Å². The maximum absolute atomic E-state index is 12.8. The number of aliphatic hydroxyl groups is 1. The Balaban J connectivity index is 1.61. The smallest absolute Gasteiger partial charge is 0.341 e. The number of carbonyl (C=O) groups excluding carboxylic acids is 2. The third-order valence-corrected chi connectivity index (χ3v) is 8.44. The van der Waals surface area contributed by atoms with Crippen molar-refractivity contribution in [1.82, 2.24) is 4.72 Å². The minimum absolute atomic E-state index is 0.0554. The van der Waals surface area contributed by atoms with Crippen LogP contribution in [0.1, 0.15) is 55.7 Å². The number of hydrogen-bond acceptors (Lipinski definition) is 8. The van der Waals surface area contributed by atoms with Gasteiger partial charge in [0.1, 0.15) is 17.6 Å². The number of ether oxygens (including phenoxy) is 1. The van der Waals surface area contributed by atoms with E-state index in [2.05, 4.69) is 10.0 Å². The molecule has 236 valence electrons. The van der Waals surface area contributed by atoms with E-state index in [0.717, 1.165) is 5.56 Å². The van der Waals surface area contributed by atoms with Gasteiger partial charge < -0.3 is 25.4 Å². The molecule has 0 saturated heterocycles. The molecule has 0 heterocycles. The molecule has 0 aromatic heterocycles. The van der Waals surface area contributed by atoms with E-state index >= 15 is 0 Å². The lowest BCUT2D eigenvalue weighted by Crippen LogP contribution is -2.26. The zero-order chi connectivity index (χ0) is 32.3. The maximum Gasteiger partial charge on any atom is 0.341 e. The Labute approximate surface area is 256 Å². The lowest BCUT2D eigenvalue weighted by Gasteiger charge is -2.17. The van der Waals surface area contributed by atoms with Crippen LogP contribution >= 0.6 is 0 Å². The van der Waals surface area contributed by atoms with E-state index < -0.39 is 34.6 Å². The number of aromatic hydroxyl groups is 1. The van der Waals surface area contributed by atoms with Gasteiger partial charge in [-0.2, -0.15) is 0 Å². The molecule has 44 heavy (non-hydrogen) atoms. The molecule has 3 rings (SSSR count). The fourth-order valence-electron chi connectivity index (χ4n) is 4.67. The third kappa shape index (κ3) is 10.2. The molecule has 0 aliphatic rings. The van der Waals surface area contributed by atoms with E-state index in [4.69, 9.17) is 9.84 Å². The average molecular weight is 627 g/mol. The SMILES string of the molecule is CC(O)C(=O)C(C)c1ccc(O)cc1CCCCC(=O)Nc1cc(CCNS(=O)(=O)c2ccccc2)ccc1OCC(=O)O. The zero-order valence-electron chi connectivity index (χ0n) is 24.7. The summed E-state index contributed by atoms with van der Waals surface area (Å²) in [5, 5.41) is 31.5. The van der Waals surface area contributed by atoms with E-state index in [1.165, 1.54) is 31.2 Å². The first-order valence-corrected chi connectivity index (χ1v) is 15.7. The highest BCUT2D eigenvalue weighted by atomic mass is 32.2. The summed E-state index contributed by atoms with van der Waals surface area (Å²) in [5.41, 5.74) is 2.42. The summed E-state index contributed by atoms with van der Waals surface area (Å²) in [5.74, 6) is -2.18. The summed E-state index contributed by atoms with van der Waals surface area (Å²) in [6.45, 7) is 2.60. The summed E-state index contributed by atoms with van der Waals surface area (Å²) in [4.78, 5) is 36.4. The van der Waals surface area contributed by atoms with Gasteiger partial charge in [0.25, 0.3) is 0 Å². The second-order valence-corrected chi connectivity index (χ2v) is 12.2. The molecule has 3 aromatic carbocycles. The molecule has 0 aliphatic carbocycles. The van der Waals surface area contributed by atoms with Gasteiger partial charge in [0.15, 0.2) is 12.4 Å². The van der Waals surface area contributed by atoms with Crippen LogP contribution in [0.15, 0.2) is 71.6 Å². The first-order valence-electron chi connectivity index (χ1n) is 14.2. The van der Waals surface area contributed by atoms with Gasteiger partial charge in [-0.3, -0.25) is 9.59 Å². The van der Waals surface area contributed by atoms with Crippen molar-refractivity contribution in [2.45, 2.75) is 62.9 Å². The van der Waals surface area contributed by atoms with Crippen LogP contribution < -0.4 is 14.8 Å². The summed E-state index contributed by atoms with van der Waals surface area (Å²) in [6.07, 6.45) is 0.869. The Morgan fingerprint density at radius 2 is 1.66 bits per heavy atom. The average Bonchev–Trinajstić information content (AvgIpc) is 2.98. The molecule has 0 radical (unpaired) electrons. The number of aryl methyl sites for hydroxylation is 1. The van der Waals surface area contributed by atoms with Crippen LogP contribution in [0.5, 0.6) is 11.5 Å². The van der Waals surface area contributed by atoms with Crippen molar-refractivity contribution in [2.24, 2.45) is 0 Å². The predicted octanol–water partition coefficient (Wildman–Crippen LogP) is 3.78. The van der Waals surface area contributed by atoms with E-state index in [0.29, 0.717) is 36.8 Å². The molecule has 0 fully saturated rings. The van der Waals surface area contributed by atoms with Crippen LogP contribution in [-0.2, 0) is 37.2 Å². The van der Waals surface area contributed by atoms with Crippen LogP contribution in [0.25, 0.3) is 0 Å². The van der Waals surface area contributed by atoms with Gasteiger partial charge in [-0.25, -0.2) is 17.9 Å². The summed E-state index contributed by atoms with van der Waals surface area (Å²) < 4.78 is 32.9. The van der Waals surface area contributed by atoms with E-state index in [-0.39, 0.29) is 46.7 Å². The number of carboxylic acid groups (broad SMARTS) is 1. The normalized spacial score (nSPS) is 12.7. The number of aliphatic carboxylic acids is 1. The number of nitrogens with one attached hydrogen (secondary N) is 2. The Bertz CT molecular complexity index is 1560. The van der Waals surface area contributed by atoms with Crippen LogP contribution in [0.3, 0.4) is 0 Å². The number of Topliss-reactive ketones (excluding diaryl/α,β-unsaturated/α-hetero) is 1. The number of benzene rings is 3. The van der Waals surface area contributed by atoms with Crippen molar-refractivity contribution < 1.29 is 42.9 Å². The molecule has 5 N–H and O–H groups in total. The highest BCUT2D eigenvalue weighted by Crippen LogP contribution is 2.28. The topological polar surface area (TPSA) is 179 Å². The first kappa shape index (κ1) is 34.2. The molecule has 0 saturated carbocycles. The van der Waals surface area contributed by atoms with Crippen molar-refractivity contribution in [3.05, 3.63) is 83.4 Å². The van der Waals surface area contributed by atoms with Gasteiger partial charge in [-0.1, -0.05) is 37.3 Å². The molecule has 11 nitrogen and oxygen atoms in total. The summed E-state index contributed by atoms with van der Waals surface area (Å²) >= 11 is 0. The molecule has 0 spiro atoms. The number of anilines is 1. The number of carbonyl (C=O) groups is 3. The number of aliphatic hydroxyl groups excluding tert-OH is 1. The minimum Gasteiger partial charge on any atom is -0.508 e. The number of sulfonamides is 1. The largest absolute Gasteiger partial charge is 0.508 e. The van der Waals surface area contributed by atoms with E-state index in [9.17, 15) is 33.0 Å². The van der Waals surface area contributed by atoms with Crippen LogP contribution in [0, 0.1) is 0 Å². The van der Waals surface area contributed by atoms with Crippen LogP contribution in [0.2, 0.25) is 0 Å². The van der Waals surface area contributed by atoms with Gasteiger partial charge >= 0.3 is 5.97 Å². The van der Waals surface area contributed by atoms with Crippen LogP contribution in [-0.4, -0.2) is 60.7 Å². The molecule has 0 bridgehead atoms. The van der Waals surface area contributed by atoms with Gasteiger partial charge in [0, 0.05) is 18.9 Å². The lowest BCUT2D eigenvalue weighted by atomic mass is 9.88. The third-order valence-electron chi connectivity index (χ3n) is 6.96. The Morgan fingerprint density at radius 3 is 2.34 bits per heavy atom. The highest BCUT2D eigenvalue weighted by molar-refractivity contribution is 7.89. The number of phenols is 1. The molecule has 0 aliphatic heterocycles. The Kier molecular flexibility index (Phi) is 12.4. The second-order valence-electron chi connectivity index (χ2n) is 10.4. The molecular formula is C32H38N2O9S. The predicted molar refractivity (Wildman–Crippen MR) is 164 cm³/mol. The molecule has 1 amide bonds. The second kappa shape index (κ2) is 16.0. The van der Waals surface area contributed by atoms with Gasteiger partial charge in [-0.15, -0.1) is 0 Å². The molecule has 2 unspecified atom stereocenters. The number of phenolic OH excluding ortho intramolecular Hbond substituents is 1. The maximum atomic E-state index is 12.8. The van der Waals surface area contributed by atoms with Crippen molar-refractivity contribution in [2.75, 3.05) is 18.5 Å². The minimum atomic E-state index is -3.69. The molecule has 12 heteroatoms. The van der Waals surface area contributed by atoms with Crippen molar-refractivity contribution in [1.29, 1.82) is 0 Å². The zero-order valence-corrected chi connectivity index (χ0v) is 25.5. The fourth-order valence-corrected chi connectivity index (χ4v) is 5.72. The highest BCUT2D eigenvalue weighted by Gasteiger charge is 2.22. The molecule has 3 aromatic rings. The van der Waals surface area contributed by atoms with Crippen LogP contribution in [0.4, 0.5) is 5.69 Å². The number of amides is 1. The lowest BCUT2D eigenvalue weighted by molar-refractivity contribution is -0.139. The number of ketones is 1. The van der Waals surface area contributed by atoms with Crippen molar-refractivity contribution >= 4 is 33.4 Å². The first-order chi connectivity index (χ1) is 20.9. The van der Waals surface area contributed by atoms with Crippen molar-refractivity contribution in [3.63, 3.8) is 0 Å². The number of rotatable bonds is 17. The van der Waals surface area contributed by atoms with E-state index in [1.807, 2.05) is 0 Å². The Morgan fingerprint density at radius 1 is 0.932 bits per heavy atom. The standard InChI is InChI=1S/C32H38N2O9S/c1-21(32(40)22(2)35)27-14-13-25(36)19-24(27)8-6-7-11-30(37)34-28-18-23(12-15-29(28)43-20-31(38)39)16-17-33-44(41,42)26-9-4-3-5-10-26/h3-5,9-10,12-15,18-19,21-22,33,35-36H,6-8,11,16-17,20H2,1-2H3,(H,34,37)(H,38,39). The van der Waals surface area contributed by atoms with Crippen molar-refractivity contribution in [3.8, 4) is 11.5 Å². The summed E-state index contributed by atoms with van der Waals surface area (Å²) in [7, 11) is -3.69. The number of unbranched alkanes of at least 4 members (excludes halogenated alkanes) is 1. The van der Waals surface area contributed by atoms with Gasteiger partial charge in [-0.05, 0) is 85.7 Å². The molecule has 2 atom stereocenters.